The lowest BCUT2D eigenvalue weighted by Crippen LogP contribution is -2.35. The Balaban J connectivity index is 2.63. The topological polar surface area (TPSA) is 64.3 Å². The monoisotopic (exact) mass is 250 g/mol. The van der Waals surface area contributed by atoms with Gasteiger partial charge >= 0.3 is 0 Å². The molecule has 3 N–H and O–H groups in total. The molecule has 1 unspecified atom stereocenters. The van der Waals surface area contributed by atoms with Crippen molar-refractivity contribution in [3.05, 3.63) is 29.8 Å². The van der Waals surface area contributed by atoms with Crippen molar-refractivity contribution in [2.75, 3.05) is 12.8 Å². The van der Waals surface area contributed by atoms with Gasteiger partial charge in [0.2, 0.25) is 5.91 Å². The predicted octanol–water partition coefficient (Wildman–Crippen LogP) is 2.26. The highest BCUT2D eigenvalue weighted by atomic mass is 16.5. The molecule has 1 aromatic carbocycles. The summed E-state index contributed by atoms with van der Waals surface area (Å²) in [6.45, 7) is 5.69. The molecule has 4 heteroatoms. The van der Waals surface area contributed by atoms with E-state index in [0.717, 1.165) is 5.56 Å². The Kier molecular flexibility index (Phi) is 4.73. The van der Waals surface area contributed by atoms with Crippen LogP contribution in [0.5, 0.6) is 0 Å². The summed E-state index contributed by atoms with van der Waals surface area (Å²) >= 11 is 0. The van der Waals surface area contributed by atoms with E-state index in [2.05, 4.69) is 5.32 Å². The zero-order valence-corrected chi connectivity index (χ0v) is 11.5. The lowest BCUT2D eigenvalue weighted by Gasteiger charge is -2.24. The van der Waals surface area contributed by atoms with Gasteiger partial charge in [-0.1, -0.05) is 18.2 Å². The Bertz CT molecular complexity index is 416. The van der Waals surface area contributed by atoms with Crippen LogP contribution in [0.15, 0.2) is 24.3 Å². The molecule has 0 bridgehead atoms. The highest BCUT2D eigenvalue weighted by molar-refractivity contribution is 5.77. The third-order valence-corrected chi connectivity index (χ3v) is 2.98. The maximum atomic E-state index is 11.9. The second-order valence-corrected chi connectivity index (χ2v) is 5.06. The summed E-state index contributed by atoms with van der Waals surface area (Å²) in [5.74, 6) is -0.0439. The minimum atomic E-state index is -0.452. The molecule has 1 amide bonds. The number of carbonyl (C=O) groups is 1. The second-order valence-electron chi connectivity index (χ2n) is 5.06. The third kappa shape index (κ3) is 4.04. The molecule has 0 saturated heterocycles. The van der Waals surface area contributed by atoms with Crippen molar-refractivity contribution < 1.29 is 9.53 Å². The maximum Gasteiger partial charge on any atom is 0.223 e. The molecule has 0 aliphatic carbocycles. The molecular formula is C14H22N2O2. The molecule has 0 fully saturated rings. The van der Waals surface area contributed by atoms with Gasteiger partial charge in [-0.2, -0.15) is 0 Å². The number of hydrogen-bond acceptors (Lipinski definition) is 3. The van der Waals surface area contributed by atoms with Crippen molar-refractivity contribution >= 4 is 11.6 Å². The average Bonchev–Trinajstić information content (AvgIpc) is 2.28. The van der Waals surface area contributed by atoms with Crippen LogP contribution in [0.4, 0.5) is 5.69 Å². The number of methoxy groups -OCH3 is 1. The fraction of sp³-hybridized carbons (Fsp3) is 0.500. The largest absolute Gasteiger partial charge is 0.398 e. The van der Waals surface area contributed by atoms with E-state index in [9.17, 15) is 4.79 Å². The molecule has 0 spiro atoms. The summed E-state index contributed by atoms with van der Waals surface area (Å²) in [6.07, 6.45) is 0.320. The first-order valence-electron chi connectivity index (χ1n) is 6.04. The number of benzene rings is 1. The molecule has 0 heterocycles. The highest BCUT2D eigenvalue weighted by Crippen LogP contribution is 2.20. The molecule has 18 heavy (non-hydrogen) atoms. The van der Waals surface area contributed by atoms with E-state index >= 15 is 0 Å². The first-order chi connectivity index (χ1) is 8.35. The molecule has 0 radical (unpaired) electrons. The number of hydrogen-bond donors (Lipinski definition) is 2. The fourth-order valence-electron chi connectivity index (χ4n) is 1.73. The number of ether oxygens (including phenoxy) is 1. The van der Waals surface area contributed by atoms with Crippen molar-refractivity contribution in [2.45, 2.75) is 38.8 Å². The minimum absolute atomic E-state index is 0.0439. The molecule has 0 aliphatic rings. The molecule has 1 rings (SSSR count). The number of para-hydroxylation sites is 1. The smallest absolute Gasteiger partial charge is 0.223 e. The number of anilines is 1. The van der Waals surface area contributed by atoms with Crippen LogP contribution < -0.4 is 11.1 Å². The second kappa shape index (κ2) is 5.87. The molecule has 0 saturated carbocycles. The van der Waals surface area contributed by atoms with Crippen LogP contribution in [0, 0.1) is 0 Å². The van der Waals surface area contributed by atoms with Gasteiger partial charge in [0.05, 0.1) is 18.1 Å². The van der Waals surface area contributed by atoms with Crippen LogP contribution in [0.2, 0.25) is 0 Å². The number of nitrogens with one attached hydrogen (secondary N) is 1. The van der Waals surface area contributed by atoms with Crippen LogP contribution in [-0.4, -0.2) is 18.6 Å². The van der Waals surface area contributed by atoms with Gasteiger partial charge in [-0.15, -0.1) is 0 Å². The zero-order valence-electron chi connectivity index (χ0n) is 11.5. The molecule has 1 aromatic rings. The first-order valence-corrected chi connectivity index (χ1v) is 6.04. The molecular weight excluding hydrogens is 228 g/mol. The van der Waals surface area contributed by atoms with E-state index in [1.807, 2.05) is 45.0 Å². The predicted molar refractivity (Wildman–Crippen MR) is 73.1 cm³/mol. The van der Waals surface area contributed by atoms with E-state index in [1.165, 1.54) is 0 Å². The summed E-state index contributed by atoms with van der Waals surface area (Å²) in [7, 11) is 1.60. The summed E-state index contributed by atoms with van der Waals surface area (Å²) in [5, 5.41) is 2.93. The Hall–Kier alpha value is -1.55. The molecule has 0 aliphatic heterocycles. The normalized spacial score (nSPS) is 13.1. The summed E-state index contributed by atoms with van der Waals surface area (Å²) in [4.78, 5) is 11.9. The van der Waals surface area contributed by atoms with Gasteiger partial charge in [0.1, 0.15) is 0 Å². The number of amides is 1. The summed E-state index contributed by atoms with van der Waals surface area (Å²) in [5.41, 5.74) is 7.04. The first kappa shape index (κ1) is 14.5. The van der Waals surface area contributed by atoms with Crippen molar-refractivity contribution in [1.82, 2.24) is 5.32 Å². The zero-order chi connectivity index (χ0) is 13.8. The molecule has 0 aromatic heterocycles. The number of nitrogen functional groups attached to an aromatic ring is 1. The number of carbonyl (C=O) groups excluding carboxylic acids is 1. The molecule has 1 atom stereocenters. The van der Waals surface area contributed by atoms with E-state index in [1.54, 1.807) is 7.11 Å². The van der Waals surface area contributed by atoms with Gasteiger partial charge in [-0.3, -0.25) is 4.79 Å². The van der Waals surface area contributed by atoms with Crippen LogP contribution in [-0.2, 0) is 9.53 Å². The minimum Gasteiger partial charge on any atom is -0.398 e. The van der Waals surface area contributed by atoms with E-state index in [0.29, 0.717) is 12.1 Å². The lowest BCUT2D eigenvalue weighted by molar-refractivity contribution is -0.126. The van der Waals surface area contributed by atoms with Crippen LogP contribution in [0.3, 0.4) is 0 Å². The number of nitrogens with two attached hydrogens (primary N) is 1. The van der Waals surface area contributed by atoms with Crippen molar-refractivity contribution in [3.63, 3.8) is 0 Å². The Morgan fingerprint density at radius 3 is 2.61 bits per heavy atom. The van der Waals surface area contributed by atoms with Crippen LogP contribution >= 0.6 is 0 Å². The quantitative estimate of drug-likeness (QED) is 0.788. The Morgan fingerprint density at radius 1 is 1.44 bits per heavy atom. The number of rotatable bonds is 5. The maximum absolute atomic E-state index is 11.9. The van der Waals surface area contributed by atoms with Crippen molar-refractivity contribution in [2.24, 2.45) is 0 Å². The van der Waals surface area contributed by atoms with E-state index in [4.69, 9.17) is 10.5 Å². The molecule has 100 valence electrons. The highest BCUT2D eigenvalue weighted by Gasteiger charge is 2.22. The fourth-order valence-corrected chi connectivity index (χ4v) is 1.73. The summed E-state index contributed by atoms with van der Waals surface area (Å²) < 4.78 is 5.23. The SMILES string of the molecule is COC(C)(C)CC(=O)NC(C)c1ccccc1N. The summed E-state index contributed by atoms with van der Waals surface area (Å²) in [6, 6.07) is 7.43. The van der Waals surface area contributed by atoms with Crippen molar-refractivity contribution in [3.8, 4) is 0 Å². The van der Waals surface area contributed by atoms with Crippen molar-refractivity contribution in [1.29, 1.82) is 0 Å². The molecule has 4 nitrogen and oxygen atoms in total. The van der Waals surface area contributed by atoms with Gasteiger partial charge in [0, 0.05) is 12.8 Å². The Labute approximate surface area is 109 Å². The third-order valence-electron chi connectivity index (χ3n) is 2.98. The average molecular weight is 250 g/mol. The van der Waals surface area contributed by atoms with Gasteiger partial charge in [0.25, 0.3) is 0 Å². The standard InChI is InChI=1S/C14H22N2O2/c1-10(11-7-5-6-8-12(11)15)16-13(17)9-14(2,3)18-4/h5-8,10H,9,15H2,1-4H3,(H,16,17). The van der Waals surface area contributed by atoms with Gasteiger partial charge in [-0.25, -0.2) is 0 Å². The van der Waals surface area contributed by atoms with E-state index < -0.39 is 5.60 Å². The van der Waals surface area contributed by atoms with Gasteiger partial charge in [-0.05, 0) is 32.4 Å². The van der Waals surface area contributed by atoms with Crippen LogP contribution in [0.25, 0.3) is 0 Å². The van der Waals surface area contributed by atoms with Gasteiger partial charge < -0.3 is 15.8 Å². The lowest BCUT2D eigenvalue weighted by atomic mass is 10.0. The Morgan fingerprint density at radius 2 is 2.06 bits per heavy atom. The van der Waals surface area contributed by atoms with E-state index in [-0.39, 0.29) is 11.9 Å². The van der Waals surface area contributed by atoms with Crippen LogP contribution in [0.1, 0.15) is 38.8 Å². The van der Waals surface area contributed by atoms with Gasteiger partial charge in [0.15, 0.2) is 0 Å².